The molecule has 0 bridgehead atoms. The molecule has 1 aromatic rings. The zero-order valence-electron chi connectivity index (χ0n) is 12.5. The maximum Gasteiger partial charge on any atom is 0.496 e. The highest BCUT2D eigenvalue weighted by atomic mass is 19.1. The molecule has 2 rings (SSSR count). The van der Waals surface area contributed by atoms with Crippen molar-refractivity contribution in [3.63, 3.8) is 0 Å². The molecule has 0 spiro atoms. The minimum atomic E-state index is -0.625. The first kappa shape index (κ1) is 15.1. The summed E-state index contributed by atoms with van der Waals surface area (Å²) >= 11 is 0. The highest BCUT2D eigenvalue weighted by Crippen LogP contribution is 2.36. The summed E-state index contributed by atoms with van der Waals surface area (Å²) in [7, 11) is -0.598. The normalized spacial score (nSPS) is 20.2. The van der Waals surface area contributed by atoms with Crippen LogP contribution in [0.3, 0.4) is 0 Å². The summed E-state index contributed by atoms with van der Waals surface area (Å²) in [6.45, 7) is 9.20. The third-order valence-electron chi connectivity index (χ3n) is 3.90. The van der Waals surface area contributed by atoms with Gasteiger partial charge < -0.3 is 9.31 Å². The second-order valence-corrected chi connectivity index (χ2v) is 6.19. The van der Waals surface area contributed by atoms with Gasteiger partial charge in [-0.15, -0.1) is 0 Å². The summed E-state index contributed by atoms with van der Waals surface area (Å²) in [5.41, 5.74) is -0.0365. The lowest BCUT2D eigenvalue weighted by molar-refractivity contribution is -0.116. The van der Waals surface area contributed by atoms with Crippen LogP contribution in [0, 0.1) is 5.95 Å². The molecule has 4 nitrogen and oxygen atoms in total. The van der Waals surface area contributed by atoms with Gasteiger partial charge in [0, 0.05) is 23.6 Å². The van der Waals surface area contributed by atoms with E-state index < -0.39 is 24.3 Å². The molecule has 2 heterocycles. The number of hydrogen-bond donors (Lipinski definition) is 0. The Morgan fingerprint density at radius 2 is 1.85 bits per heavy atom. The minimum absolute atomic E-state index is 0.0200. The largest absolute Gasteiger partial charge is 0.496 e. The number of ketones is 1. The third kappa shape index (κ3) is 2.76. The Bertz CT molecular complexity index is 529. The van der Waals surface area contributed by atoms with Crippen molar-refractivity contribution in [1.29, 1.82) is 0 Å². The fraction of sp³-hybridized carbons (Fsp3) is 0.571. The van der Waals surface area contributed by atoms with Crippen LogP contribution in [0.5, 0.6) is 0 Å². The van der Waals surface area contributed by atoms with E-state index in [9.17, 15) is 9.18 Å². The molecule has 6 heteroatoms. The summed E-state index contributed by atoms with van der Waals surface area (Å²) in [5, 5.41) is 0. The predicted molar refractivity (Wildman–Crippen MR) is 74.3 cm³/mol. The van der Waals surface area contributed by atoms with E-state index in [1.54, 1.807) is 6.07 Å². The summed E-state index contributed by atoms with van der Waals surface area (Å²) in [6, 6.07) is 1.59. The quantitative estimate of drug-likeness (QED) is 0.623. The van der Waals surface area contributed by atoms with Gasteiger partial charge in [0.25, 0.3) is 0 Å². The maximum atomic E-state index is 13.6. The number of pyridine rings is 1. The first-order valence-electron chi connectivity index (χ1n) is 6.62. The lowest BCUT2D eigenvalue weighted by Crippen LogP contribution is -2.41. The number of rotatable bonds is 3. The molecule has 0 N–H and O–H groups in total. The number of aromatic nitrogens is 1. The number of Topliss-reactive ketones (excluding diaryl/α,β-unsaturated/α-hetero) is 1. The van der Waals surface area contributed by atoms with Crippen LogP contribution in [0.1, 0.15) is 40.2 Å². The molecule has 108 valence electrons. The van der Waals surface area contributed by atoms with Crippen LogP contribution in [0.25, 0.3) is 0 Å². The number of carbonyl (C=O) groups excluding carboxylic acids is 1. The second kappa shape index (κ2) is 4.93. The molecule has 0 unspecified atom stereocenters. The molecular weight excluding hydrogens is 260 g/mol. The van der Waals surface area contributed by atoms with E-state index in [-0.39, 0.29) is 17.8 Å². The smallest absolute Gasteiger partial charge is 0.399 e. The summed E-state index contributed by atoms with van der Waals surface area (Å²) < 4.78 is 25.3. The number of hydrogen-bond acceptors (Lipinski definition) is 4. The Morgan fingerprint density at radius 1 is 1.30 bits per heavy atom. The van der Waals surface area contributed by atoms with Crippen LogP contribution >= 0.6 is 0 Å². The Balaban J connectivity index is 2.29. The molecule has 20 heavy (non-hydrogen) atoms. The van der Waals surface area contributed by atoms with Gasteiger partial charge in [0.15, 0.2) is 0 Å². The molecule has 0 amide bonds. The average molecular weight is 279 g/mol. The van der Waals surface area contributed by atoms with Crippen LogP contribution in [0.4, 0.5) is 4.39 Å². The van der Waals surface area contributed by atoms with Gasteiger partial charge in [0.2, 0.25) is 5.95 Å². The predicted octanol–water partition coefficient (Wildman–Crippen LogP) is 1.65. The fourth-order valence-electron chi connectivity index (χ4n) is 2.01. The average Bonchev–Trinajstić information content (AvgIpc) is 2.50. The van der Waals surface area contributed by atoms with Crippen molar-refractivity contribution >= 4 is 18.4 Å². The molecule has 0 aromatic carbocycles. The van der Waals surface area contributed by atoms with Crippen molar-refractivity contribution in [3.8, 4) is 0 Å². The van der Waals surface area contributed by atoms with Gasteiger partial charge in [-0.25, -0.2) is 4.98 Å². The third-order valence-corrected chi connectivity index (χ3v) is 3.90. The molecule has 1 fully saturated rings. The first-order chi connectivity index (χ1) is 9.12. The van der Waals surface area contributed by atoms with Gasteiger partial charge in [-0.05, 0) is 34.6 Å². The molecule has 1 aliphatic rings. The topological polar surface area (TPSA) is 48.4 Å². The molecule has 1 aliphatic heterocycles. The van der Waals surface area contributed by atoms with E-state index in [1.165, 1.54) is 13.1 Å². The number of carbonyl (C=O) groups is 1. The lowest BCUT2D eigenvalue weighted by Gasteiger charge is -2.32. The van der Waals surface area contributed by atoms with E-state index in [0.29, 0.717) is 5.46 Å². The zero-order chi connectivity index (χ0) is 15.1. The van der Waals surface area contributed by atoms with E-state index in [1.807, 2.05) is 27.7 Å². The van der Waals surface area contributed by atoms with Gasteiger partial charge in [-0.1, -0.05) is 6.07 Å². The van der Waals surface area contributed by atoms with Crippen LogP contribution in [-0.2, 0) is 20.5 Å². The van der Waals surface area contributed by atoms with Gasteiger partial charge in [-0.3, -0.25) is 4.79 Å². The van der Waals surface area contributed by atoms with Crippen LogP contribution in [0.2, 0.25) is 0 Å². The number of halogens is 1. The van der Waals surface area contributed by atoms with E-state index >= 15 is 0 Å². The van der Waals surface area contributed by atoms with Gasteiger partial charge in [0.1, 0.15) is 5.78 Å². The van der Waals surface area contributed by atoms with Crippen molar-refractivity contribution in [1.82, 2.24) is 4.98 Å². The maximum absolute atomic E-state index is 13.6. The van der Waals surface area contributed by atoms with Crippen molar-refractivity contribution in [2.45, 2.75) is 52.2 Å². The summed E-state index contributed by atoms with van der Waals surface area (Å²) in [4.78, 5) is 14.8. The summed E-state index contributed by atoms with van der Waals surface area (Å²) in [5.74, 6) is -0.739. The van der Waals surface area contributed by atoms with Crippen LogP contribution in [0.15, 0.2) is 12.3 Å². The van der Waals surface area contributed by atoms with Crippen LogP contribution < -0.4 is 5.46 Å². The van der Waals surface area contributed by atoms with Crippen molar-refractivity contribution in [2.24, 2.45) is 0 Å². The summed E-state index contributed by atoms with van der Waals surface area (Å²) in [6.07, 6.45) is 1.41. The fourth-order valence-corrected chi connectivity index (χ4v) is 2.01. The molecule has 0 saturated carbocycles. The van der Waals surface area contributed by atoms with Crippen molar-refractivity contribution < 1.29 is 18.5 Å². The molecule has 1 saturated heterocycles. The number of nitrogens with zero attached hydrogens (tertiary/aromatic N) is 1. The SMILES string of the molecule is CC(=O)Cc1cc(B2OC(C)(C)C(C)(C)O2)cnc1F. The van der Waals surface area contributed by atoms with E-state index in [0.717, 1.165) is 0 Å². The van der Waals surface area contributed by atoms with E-state index in [2.05, 4.69) is 4.98 Å². The van der Waals surface area contributed by atoms with Gasteiger partial charge in [-0.2, -0.15) is 4.39 Å². The highest BCUT2D eigenvalue weighted by Gasteiger charge is 2.51. The monoisotopic (exact) mass is 279 g/mol. The molecular formula is C14H19BFNO3. The Morgan fingerprint density at radius 3 is 2.35 bits per heavy atom. The van der Waals surface area contributed by atoms with Gasteiger partial charge in [0.05, 0.1) is 11.2 Å². The Kier molecular flexibility index (Phi) is 3.73. The minimum Gasteiger partial charge on any atom is -0.399 e. The van der Waals surface area contributed by atoms with Crippen molar-refractivity contribution in [2.75, 3.05) is 0 Å². The highest BCUT2D eigenvalue weighted by molar-refractivity contribution is 6.62. The standard InChI is InChI=1S/C14H19BFNO3/c1-9(18)6-10-7-11(8-17-12(10)16)15-19-13(2,3)14(4,5)20-15/h7-8H,6H2,1-5H3. The lowest BCUT2D eigenvalue weighted by atomic mass is 9.79. The van der Waals surface area contributed by atoms with Crippen molar-refractivity contribution in [3.05, 3.63) is 23.8 Å². The first-order valence-corrected chi connectivity index (χ1v) is 6.62. The molecule has 0 aliphatic carbocycles. The van der Waals surface area contributed by atoms with Gasteiger partial charge >= 0.3 is 7.12 Å². The zero-order valence-corrected chi connectivity index (χ0v) is 12.5. The van der Waals surface area contributed by atoms with Crippen LogP contribution in [-0.4, -0.2) is 29.1 Å². The Labute approximate surface area is 118 Å². The molecule has 0 atom stereocenters. The molecule has 0 radical (unpaired) electrons. The molecule has 1 aromatic heterocycles. The second-order valence-electron chi connectivity index (χ2n) is 6.19. The van der Waals surface area contributed by atoms with E-state index in [4.69, 9.17) is 9.31 Å². The Hall–Kier alpha value is -1.27.